The van der Waals surface area contributed by atoms with E-state index >= 15 is 0 Å². The molecular formula is C25H21Cl2N3O2. The Balaban J connectivity index is 1.33. The maximum Gasteiger partial charge on any atom is 0.257 e. The molecule has 0 bridgehead atoms. The molecule has 0 spiro atoms. The molecule has 0 heterocycles. The summed E-state index contributed by atoms with van der Waals surface area (Å²) in [7, 11) is 0. The number of carbonyl (C=O) groups excluding carboxylic acids is 2. The minimum atomic E-state index is -0.325. The molecule has 1 fully saturated rings. The van der Waals surface area contributed by atoms with Gasteiger partial charge in [0.05, 0.1) is 16.3 Å². The first kappa shape index (κ1) is 22.1. The topological polar surface area (TPSA) is 70.6 Å². The van der Waals surface area contributed by atoms with Crippen LogP contribution in [-0.2, 0) is 4.79 Å². The molecule has 2 N–H and O–H groups in total. The second-order valence-electron chi connectivity index (χ2n) is 7.69. The first-order valence-corrected chi connectivity index (χ1v) is 10.9. The van der Waals surface area contributed by atoms with Crippen LogP contribution in [0.4, 0.5) is 5.69 Å². The highest BCUT2D eigenvalue weighted by Crippen LogP contribution is 2.47. The van der Waals surface area contributed by atoms with Gasteiger partial charge in [0.25, 0.3) is 5.91 Å². The number of anilines is 1. The van der Waals surface area contributed by atoms with Crippen molar-refractivity contribution in [3.63, 3.8) is 0 Å². The van der Waals surface area contributed by atoms with Gasteiger partial charge in [-0.1, -0.05) is 65.7 Å². The van der Waals surface area contributed by atoms with Gasteiger partial charge < -0.3 is 5.32 Å². The van der Waals surface area contributed by atoms with Gasteiger partial charge in [0.1, 0.15) is 0 Å². The Labute approximate surface area is 196 Å². The lowest BCUT2D eigenvalue weighted by atomic mass is 10.1. The molecule has 162 valence electrons. The summed E-state index contributed by atoms with van der Waals surface area (Å²) in [6.07, 6.45) is 0.844. The molecule has 5 nitrogen and oxygen atoms in total. The highest BCUT2D eigenvalue weighted by Gasteiger charge is 2.43. The molecule has 2 amide bonds. The molecule has 7 heteroatoms. The molecule has 1 aliphatic carbocycles. The van der Waals surface area contributed by atoms with Crippen molar-refractivity contribution >= 4 is 46.4 Å². The number of amides is 2. The van der Waals surface area contributed by atoms with Gasteiger partial charge >= 0.3 is 0 Å². The fourth-order valence-electron chi connectivity index (χ4n) is 3.51. The first-order chi connectivity index (χ1) is 15.4. The van der Waals surface area contributed by atoms with Gasteiger partial charge in [-0.25, -0.2) is 5.43 Å². The molecule has 0 unspecified atom stereocenters. The van der Waals surface area contributed by atoms with Gasteiger partial charge in [0, 0.05) is 16.6 Å². The monoisotopic (exact) mass is 465 g/mol. The van der Waals surface area contributed by atoms with E-state index in [2.05, 4.69) is 15.8 Å². The van der Waals surface area contributed by atoms with Gasteiger partial charge in [-0.05, 0) is 60.7 Å². The van der Waals surface area contributed by atoms with E-state index in [1.807, 2.05) is 49.4 Å². The molecule has 1 saturated carbocycles. The molecule has 1 aliphatic rings. The lowest BCUT2D eigenvalue weighted by molar-refractivity contribution is -0.122. The minimum absolute atomic E-state index is 0.0359. The number of rotatable bonds is 6. The van der Waals surface area contributed by atoms with Crippen molar-refractivity contribution in [3.05, 3.63) is 99.5 Å². The summed E-state index contributed by atoms with van der Waals surface area (Å²) in [6, 6.07) is 22.0. The van der Waals surface area contributed by atoms with Gasteiger partial charge in [-0.15, -0.1) is 0 Å². The SMILES string of the molecule is C/C(=N\NC(=O)[C@@H]1C[C@@H]1c1ccccc1)c1ccc(NC(=O)c2ccc(Cl)cc2Cl)cc1. The zero-order chi connectivity index (χ0) is 22.7. The Morgan fingerprint density at radius 1 is 0.969 bits per heavy atom. The molecule has 2 atom stereocenters. The third-order valence-electron chi connectivity index (χ3n) is 5.43. The van der Waals surface area contributed by atoms with Crippen molar-refractivity contribution in [2.45, 2.75) is 19.3 Å². The van der Waals surface area contributed by atoms with Crippen LogP contribution in [0, 0.1) is 5.92 Å². The summed E-state index contributed by atoms with van der Waals surface area (Å²) in [5, 5.41) is 7.80. The van der Waals surface area contributed by atoms with Crippen molar-refractivity contribution in [1.29, 1.82) is 0 Å². The van der Waals surface area contributed by atoms with E-state index in [1.165, 1.54) is 11.6 Å². The fraction of sp³-hybridized carbons (Fsp3) is 0.160. The quantitative estimate of drug-likeness (QED) is 0.351. The van der Waals surface area contributed by atoms with Gasteiger partial charge in [0.15, 0.2) is 0 Å². The van der Waals surface area contributed by atoms with Crippen molar-refractivity contribution in [2.24, 2.45) is 11.0 Å². The van der Waals surface area contributed by atoms with E-state index < -0.39 is 0 Å². The Morgan fingerprint density at radius 3 is 2.38 bits per heavy atom. The largest absolute Gasteiger partial charge is 0.322 e. The molecule has 32 heavy (non-hydrogen) atoms. The van der Waals surface area contributed by atoms with E-state index in [-0.39, 0.29) is 28.7 Å². The van der Waals surface area contributed by atoms with Crippen LogP contribution in [0.15, 0.2) is 77.9 Å². The van der Waals surface area contributed by atoms with Crippen molar-refractivity contribution in [1.82, 2.24) is 5.43 Å². The number of nitrogens with one attached hydrogen (secondary N) is 2. The van der Waals surface area contributed by atoms with Crippen LogP contribution in [-0.4, -0.2) is 17.5 Å². The first-order valence-electron chi connectivity index (χ1n) is 10.2. The van der Waals surface area contributed by atoms with E-state index in [0.717, 1.165) is 12.0 Å². The van der Waals surface area contributed by atoms with Crippen LogP contribution >= 0.6 is 23.2 Å². The number of halogens is 2. The number of hydrogen-bond acceptors (Lipinski definition) is 3. The second kappa shape index (κ2) is 9.55. The lowest BCUT2D eigenvalue weighted by Gasteiger charge is -2.08. The predicted molar refractivity (Wildman–Crippen MR) is 129 cm³/mol. The summed E-state index contributed by atoms with van der Waals surface area (Å²) in [5.74, 6) is -0.161. The number of benzene rings is 3. The van der Waals surface area contributed by atoms with Gasteiger partial charge in [0.2, 0.25) is 5.91 Å². The fourth-order valence-corrected chi connectivity index (χ4v) is 4.00. The Morgan fingerprint density at radius 2 is 1.69 bits per heavy atom. The highest BCUT2D eigenvalue weighted by atomic mass is 35.5. The van der Waals surface area contributed by atoms with Gasteiger partial charge in [-0.3, -0.25) is 9.59 Å². The van der Waals surface area contributed by atoms with Crippen LogP contribution in [0.3, 0.4) is 0 Å². The summed E-state index contributed by atoms with van der Waals surface area (Å²) in [5.41, 5.74) is 6.33. The minimum Gasteiger partial charge on any atom is -0.322 e. The van der Waals surface area contributed by atoms with Crippen LogP contribution in [0.5, 0.6) is 0 Å². The highest BCUT2D eigenvalue weighted by molar-refractivity contribution is 6.37. The molecule has 0 aliphatic heterocycles. The van der Waals surface area contributed by atoms with Gasteiger partial charge in [-0.2, -0.15) is 5.10 Å². The zero-order valence-corrected chi connectivity index (χ0v) is 18.8. The second-order valence-corrected chi connectivity index (χ2v) is 8.53. The summed E-state index contributed by atoms with van der Waals surface area (Å²) in [4.78, 5) is 24.8. The summed E-state index contributed by atoms with van der Waals surface area (Å²) in [6.45, 7) is 1.82. The Bertz CT molecular complexity index is 1180. The van der Waals surface area contributed by atoms with Crippen LogP contribution in [0.25, 0.3) is 0 Å². The Hall–Kier alpha value is -3.15. The van der Waals surface area contributed by atoms with Crippen LogP contribution in [0.2, 0.25) is 10.0 Å². The standard InChI is InChI=1S/C25H21Cl2N3O2/c1-15(29-30-25(32)22-14-21(22)17-5-3-2-4-6-17)16-7-10-19(11-8-16)28-24(31)20-12-9-18(26)13-23(20)27/h2-13,21-22H,14H2,1H3,(H,28,31)(H,30,32)/b29-15+/t21-,22-/m1/s1. The number of hydrogen-bond donors (Lipinski definition) is 2. The average Bonchev–Trinajstić information content (AvgIpc) is 3.59. The molecule has 4 rings (SSSR count). The third kappa shape index (κ3) is 5.18. The smallest absolute Gasteiger partial charge is 0.257 e. The van der Waals surface area contributed by atoms with Crippen molar-refractivity contribution in [2.75, 3.05) is 5.32 Å². The number of carbonyl (C=O) groups is 2. The lowest BCUT2D eigenvalue weighted by Crippen LogP contribution is -2.21. The maximum absolute atomic E-state index is 12.4. The van der Waals surface area contributed by atoms with Crippen molar-refractivity contribution in [3.8, 4) is 0 Å². The molecule has 0 saturated heterocycles. The number of nitrogens with zero attached hydrogens (tertiary/aromatic N) is 1. The maximum atomic E-state index is 12.4. The Kier molecular flexibility index (Phi) is 6.58. The van der Waals surface area contributed by atoms with E-state index in [1.54, 1.807) is 24.3 Å². The van der Waals surface area contributed by atoms with Crippen LogP contribution in [0.1, 0.15) is 40.7 Å². The van der Waals surface area contributed by atoms with E-state index in [9.17, 15) is 9.59 Å². The number of hydrazone groups is 1. The molecule has 3 aromatic rings. The predicted octanol–water partition coefficient (Wildman–Crippen LogP) is 5.89. The zero-order valence-electron chi connectivity index (χ0n) is 17.3. The van der Waals surface area contributed by atoms with E-state index in [0.29, 0.717) is 22.0 Å². The summed E-state index contributed by atoms with van der Waals surface area (Å²) < 4.78 is 0. The third-order valence-corrected chi connectivity index (χ3v) is 5.97. The molecule has 0 aromatic heterocycles. The van der Waals surface area contributed by atoms with E-state index in [4.69, 9.17) is 23.2 Å². The summed E-state index contributed by atoms with van der Waals surface area (Å²) >= 11 is 12.0. The molecule has 0 radical (unpaired) electrons. The van der Waals surface area contributed by atoms with Crippen LogP contribution < -0.4 is 10.7 Å². The molecular weight excluding hydrogens is 445 g/mol. The average molecular weight is 466 g/mol. The van der Waals surface area contributed by atoms with Crippen molar-refractivity contribution < 1.29 is 9.59 Å². The normalized spacial score (nSPS) is 17.5. The molecule has 3 aromatic carbocycles.